The molecule has 1 fully saturated rings. The van der Waals surface area contributed by atoms with E-state index in [9.17, 15) is 4.79 Å². The number of ether oxygens (including phenoxy) is 1. The molecule has 0 spiro atoms. The van der Waals surface area contributed by atoms with Gasteiger partial charge in [-0.05, 0) is 27.7 Å². The monoisotopic (exact) mass is 252 g/mol. The summed E-state index contributed by atoms with van der Waals surface area (Å²) in [5, 5.41) is 7.96. The van der Waals surface area contributed by atoms with Crippen LogP contribution in [0.2, 0.25) is 0 Å². The number of carbonyl (C=O) groups is 1. The minimum atomic E-state index is -0.452. The summed E-state index contributed by atoms with van der Waals surface area (Å²) in [6, 6.07) is 0.0998. The Hall–Kier alpha value is -1.59. The Kier molecular flexibility index (Phi) is 3.04. The van der Waals surface area contributed by atoms with Crippen LogP contribution in [0.5, 0.6) is 0 Å². The molecule has 6 heteroatoms. The molecule has 2 heterocycles. The second kappa shape index (κ2) is 4.26. The maximum absolute atomic E-state index is 11.9. The van der Waals surface area contributed by atoms with Crippen LogP contribution in [0.25, 0.3) is 0 Å². The lowest BCUT2D eigenvalue weighted by atomic mass is 9.89. The van der Waals surface area contributed by atoms with Crippen molar-refractivity contribution in [1.29, 1.82) is 0 Å². The average molecular weight is 252 g/mol. The number of aryl methyl sites for hydroxylation is 1. The molecule has 6 nitrogen and oxygen atoms in total. The highest BCUT2D eigenvalue weighted by Crippen LogP contribution is 2.33. The van der Waals surface area contributed by atoms with Crippen molar-refractivity contribution in [1.82, 2.24) is 19.7 Å². The van der Waals surface area contributed by atoms with Crippen molar-refractivity contribution in [3.63, 3.8) is 0 Å². The molecule has 0 bridgehead atoms. The van der Waals surface area contributed by atoms with Gasteiger partial charge in [0.15, 0.2) is 0 Å². The van der Waals surface area contributed by atoms with Crippen molar-refractivity contribution in [3.05, 3.63) is 12.2 Å². The van der Waals surface area contributed by atoms with E-state index >= 15 is 0 Å². The normalized spacial score (nSPS) is 23.7. The summed E-state index contributed by atoms with van der Waals surface area (Å²) in [4.78, 5) is 13.6. The zero-order chi connectivity index (χ0) is 13.5. The van der Waals surface area contributed by atoms with E-state index in [4.69, 9.17) is 4.74 Å². The largest absolute Gasteiger partial charge is 0.444 e. The highest BCUT2D eigenvalue weighted by atomic mass is 16.6. The number of hydrogen-bond acceptors (Lipinski definition) is 4. The van der Waals surface area contributed by atoms with Gasteiger partial charge in [0, 0.05) is 19.6 Å². The van der Waals surface area contributed by atoms with Crippen LogP contribution in [0.1, 0.15) is 39.4 Å². The quantitative estimate of drug-likeness (QED) is 0.760. The summed E-state index contributed by atoms with van der Waals surface area (Å²) in [6.45, 7) is 8.26. The maximum atomic E-state index is 11.9. The summed E-state index contributed by atoms with van der Waals surface area (Å²) >= 11 is 0. The number of rotatable bonds is 1. The van der Waals surface area contributed by atoms with E-state index in [1.165, 1.54) is 0 Å². The summed E-state index contributed by atoms with van der Waals surface area (Å²) in [5.41, 5.74) is -0.452. The van der Waals surface area contributed by atoms with E-state index in [-0.39, 0.29) is 18.1 Å². The highest BCUT2D eigenvalue weighted by molar-refractivity contribution is 5.70. The van der Waals surface area contributed by atoms with Gasteiger partial charge in [0.05, 0.1) is 5.92 Å². The first-order chi connectivity index (χ1) is 8.29. The van der Waals surface area contributed by atoms with E-state index in [0.29, 0.717) is 6.54 Å². The molecule has 1 saturated heterocycles. The van der Waals surface area contributed by atoms with Crippen LogP contribution in [0, 0.1) is 0 Å². The van der Waals surface area contributed by atoms with Gasteiger partial charge in [-0.25, -0.2) is 4.79 Å². The molecule has 0 N–H and O–H groups in total. The molecule has 1 aromatic rings. The number of carbonyl (C=O) groups excluding carboxylic acids is 1. The number of amides is 1. The molecule has 1 aliphatic rings. The standard InChI is InChI=1S/C12H20N4O2/c1-8-9(10-14-13-7-15(10)5)6-16(8)11(17)18-12(2,3)4/h7-9H,6H2,1-5H3/t8-,9+/m0/s1. The number of hydrogen-bond donors (Lipinski definition) is 0. The molecule has 18 heavy (non-hydrogen) atoms. The molecule has 1 aliphatic heterocycles. The smallest absolute Gasteiger partial charge is 0.410 e. The van der Waals surface area contributed by atoms with Crippen LogP contribution >= 0.6 is 0 Å². The van der Waals surface area contributed by atoms with Gasteiger partial charge in [-0.1, -0.05) is 0 Å². The first kappa shape index (κ1) is 12.9. The van der Waals surface area contributed by atoms with Crippen LogP contribution in [0.15, 0.2) is 6.33 Å². The van der Waals surface area contributed by atoms with Crippen LogP contribution in [0.3, 0.4) is 0 Å². The molecule has 0 radical (unpaired) electrons. The third kappa shape index (κ3) is 2.32. The maximum Gasteiger partial charge on any atom is 0.410 e. The van der Waals surface area contributed by atoms with Gasteiger partial charge in [-0.3, -0.25) is 0 Å². The topological polar surface area (TPSA) is 60.2 Å². The molecule has 0 saturated carbocycles. The zero-order valence-electron chi connectivity index (χ0n) is 11.5. The first-order valence-electron chi connectivity index (χ1n) is 6.13. The third-order valence-corrected chi connectivity index (χ3v) is 3.17. The molecular formula is C12H20N4O2. The van der Waals surface area contributed by atoms with Crippen LogP contribution in [-0.2, 0) is 11.8 Å². The molecule has 2 atom stereocenters. The van der Waals surface area contributed by atoms with Crippen molar-refractivity contribution in [2.45, 2.75) is 45.3 Å². The van der Waals surface area contributed by atoms with E-state index in [1.807, 2.05) is 39.3 Å². The lowest BCUT2D eigenvalue weighted by Crippen LogP contribution is -2.57. The average Bonchev–Trinajstić information content (AvgIpc) is 2.60. The third-order valence-electron chi connectivity index (χ3n) is 3.17. The summed E-state index contributed by atoms with van der Waals surface area (Å²) < 4.78 is 7.25. The Morgan fingerprint density at radius 1 is 1.50 bits per heavy atom. The highest BCUT2D eigenvalue weighted by Gasteiger charge is 2.43. The number of likely N-dealkylation sites (tertiary alicyclic amines) is 1. The summed E-state index contributed by atoms with van der Waals surface area (Å²) in [7, 11) is 1.91. The van der Waals surface area contributed by atoms with Crippen LogP contribution < -0.4 is 0 Å². The minimum absolute atomic E-state index is 0.0998. The fraction of sp³-hybridized carbons (Fsp3) is 0.750. The Morgan fingerprint density at radius 3 is 2.61 bits per heavy atom. The number of aromatic nitrogens is 3. The van der Waals surface area contributed by atoms with Gasteiger partial charge in [-0.2, -0.15) is 0 Å². The van der Waals surface area contributed by atoms with E-state index in [1.54, 1.807) is 11.2 Å². The molecule has 100 valence electrons. The molecule has 1 aromatic heterocycles. The van der Waals surface area contributed by atoms with Gasteiger partial charge < -0.3 is 14.2 Å². The Morgan fingerprint density at radius 2 is 2.17 bits per heavy atom. The van der Waals surface area contributed by atoms with Crippen molar-refractivity contribution in [2.75, 3.05) is 6.54 Å². The molecule has 0 unspecified atom stereocenters. The van der Waals surface area contributed by atoms with Gasteiger partial charge in [0.25, 0.3) is 0 Å². The van der Waals surface area contributed by atoms with E-state index in [0.717, 1.165) is 5.82 Å². The molecule has 2 rings (SSSR count). The fourth-order valence-electron chi connectivity index (χ4n) is 2.10. The second-order valence-electron chi connectivity index (χ2n) is 5.78. The molecule has 0 aliphatic carbocycles. The van der Waals surface area contributed by atoms with Crippen molar-refractivity contribution < 1.29 is 9.53 Å². The van der Waals surface area contributed by atoms with Crippen molar-refractivity contribution >= 4 is 6.09 Å². The van der Waals surface area contributed by atoms with Crippen molar-refractivity contribution in [3.8, 4) is 0 Å². The summed E-state index contributed by atoms with van der Waals surface area (Å²) in [5.74, 6) is 1.16. The summed E-state index contributed by atoms with van der Waals surface area (Å²) in [6.07, 6.45) is 1.42. The Bertz CT molecular complexity index is 449. The SMILES string of the molecule is C[C@H]1[C@H](c2nncn2C)CN1C(=O)OC(C)(C)C. The zero-order valence-corrected chi connectivity index (χ0v) is 11.5. The lowest BCUT2D eigenvalue weighted by Gasteiger charge is -2.45. The van der Waals surface area contributed by atoms with Crippen LogP contribution in [0.4, 0.5) is 4.79 Å². The van der Waals surface area contributed by atoms with Gasteiger partial charge in [0.1, 0.15) is 17.8 Å². The predicted molar refractivity (Wildman–Crippen MR) is 66.1 cm³/mol. The molecular weight excluding hydrogens is 232 g/mol. The van der Waals surface area contributed by atoms with Crippen molar-refractivity contribution in [2.24, 2.45) is 7.05 Å². The fourth-order valence-corrected chi connectivity index (χ4v) is 2.10. The second-order valence-corrected chi connectivity index (χ2v) is 5.78. The minimum Gasteiger partial charge on any atom is -0.444 e. The van der Waals surface area contributed by atoms with Gasteiger partial charge in [-0.15, -0.1) is 10.2 Å². The lowest BCUT2D eigenvalue weighted by molar-refractivity contribution is -0.0113. The van der Waals surface area contributed by atoms with Gasteiger partial charge in [0.2, 0.25) is 0 Å². The number of nitrogens with zero attached hydrogens (tertiary/aromatic N) is 4. The molecule has 1 amide bonds. The first-order valence-corrected chi connectivity index (χ1v) is 6.13. The Balaban J connectivity index is 1.98. The molecule has 0 aromatic carbocycles. The van der Waals surface area contributed by atoms with E-state index < -0.39 is 5.60 Å². The van der Waals surface area contributed by atoms with Gasteiger partial charge >= 0.3 is 6.09 Å². The van der Waals surface area contributed by atoms with E-state index in [2.05, 4.69) is 10.2 Å². The van der Waals surface area contributed by atoms with Crippen LogP contribution in [-0.4, -0.2) is 43.9 Å². The Labute approximate surface area is 107 Å². The predicted octanol–water partition coefficient (Wildman–Crippen LogP) is 1.54.